The molecule has 2 heterocycles. The number of benzene rings is 1. The van der Waals surface area contributed by atoms with Crippen LogP contribution in [0.1, 0.15) is 30.3 Å². The van der Waals surface area contributed by atoms with E-state index < -0.39 is 11.3 Å². The van der Waals surface area contributed by atoms with Crippen LogP contribution in [0.5, 0.6) is 5.75 Å². The normalized spacial score (nSPS) is 10.6. The minimum absolute atomic E-state index is 0.214. The number of ether oxygens (including phenoxy) is 1. The van der Waals surface area contributed by atoms with Gasteiger partial charge in [0, 0.05) is 18.0 Å². The maximum Gasteiger partial charge on any atom is 0.282 e. The van der Waals surface area contributed by atoms with Crippen LogP contribution >= 0.6 is 23.1 Å². The van der Waals surface area contributed by atoms with Gasteiger partial charge in [-0.15, -0.1) is 10.2 Å². The highest BCUT2D eigenvalue weighted by atomic mass is 32.2. The maximum atomic E-state index is 12.5. The Morgan fingerprint density at radius 2 is 2.04 bits per heavy atom. The van der Waals surface area contributed by atoms with Crippen molar-refractivity contribution in [3.63, 3.8) is 0 Å². The van der Waals surface area contributed by atoms with Crippen molar-refractivity contribution in [2.75, 3.05) is 18.2 Å². The van der Waals surface area contributed by atoms with Crippen molar-refractivity contribution in [3.05, 3.63) is 52.4 Å². The zero-order valence-electron chi connectivity index (χ0n) is 15.4. The smallest absolute Gasteiger partial charge is 0.282 e. The number of hydrogen-bond acceptors (Lipinski definition) is 8. The summed E-state index contributed by atoms with van der Waals surface area (Å²) in [6.07, 6.45) is 3.70. The minimum Gasteiger partial charge on any atom is -0.497 e. The lowest BCUT2D eigenvalue weighted by molar-refractivity contribution is 0.101. The van der Waals surface area contributed by atoms with Gasteiger partial charge >= 0.3 is 0 Å². The van der Waals surface area contributed by atoms with Gasteiger partial charge in [-0.2, -0.15) is 5.10 Å². The van der Waals surface area contributed by atoms with E-state index in [0.29, 0.717) is 16.6 Å². The molecule has 1 aromatic carbocycles. The second-order valence-electron chi connectivity index (χ2n) is 5.70. The molecule has 0 atom stereocenters. The third kappa shape index (κ3) is 4.96. The average Bonchev–Trinajstić information content (AvgIpc) is 3.15. The van der Waals surface area contributed by atoms with Gasteiger partial charge in [-0.3, -0.25) is 14.9 Å². The molecule has 10 heteroatoms. The fraction of sp³-hybridized carbons (Fsp3) is 0.278. The molecule has 0 fully saturated rings. The molecule has 0 bridgehead atoms. The zero-order valence-corrected chi connectivity index (χ0v) is 17.0. The summed E-state index contributed by atoms with van der Waals surface area (Å²) < 4.78 is 7.37. The average molecular weight is 418 g/mol. The number of nitrogens with zero attached hydrogens (tertiary/aromatic N) is 4. The SMILES string of the molecule is CCCCSc1nnc(NC(=O)c2nn(-c3ccc(OC)cc3)ccc2=O)s1. The van der Waals surface area contributed by atoms with Gasteiger partial charge in [0.2, 0.25) is 10.6 Å². The summed E-state index contributed by atoms with van der Waals surface area (Å²) in [4.78, 5) is 24.6. The summed E-state index contributed by atoms with van der Waals surface area (Å²) in [6, 6.07) is 8.41. The van der Waals surface area contributed by atoms with E-state index >= 15 is 0 Å². The van der Waals surface area contributed by atoms with E-state index in [9.17, 15) is 9.59 Å². The highest BCUT2D eigenvalue weighted by molar-refractivity contribution is 8.01. The number of aromatic nitrogens is 4. The van der Waals surface area contributed by atoms with Crippen LogP contribution in [0.4, 0.5) is 5.13 Å². The Kier molecular flexibility index (Phi) is 6.77. The molecule has 3 rings (SSSR count). The van der Waals surface area contributed by atoms with Crippen LogP contribution in [-0.2, 0) is 0 Å². The molecule has 3 aromatic rings. The number of thioether (sulfide) groups is 1. The Balaban J connectivity index is 1.75. The summed E-state index contributed by atoms with van der Waals surface area (Å²) in [5.41, 5.74) is 0.0124. The third-order valence-electron chi connectivity index (χ3n) is 3.71. The Hall–Kier alpha value is -2.72. The van der Waals surface area contributed by atoms with Gasteiger partial charge < -0.3 is 4.74 Å². The molecule has 1 N–H and O–H groups in total. The topological polar surface area (TPSA) is 99.0 Å². The first-order chi connectivity index (χ1) is 13.6. The first-order valence-electron chi connectivity index (χ1n) is 8.62. The van der Waals surface area contributed by atoms with Crippen LogP contribution in [-0.4, -0.2) is 38.7 Å². The first kappa shape index (κ1) is 20.0. The number of amides is 1. The second-order valence-corrected chi connectivity index (χ2v) is 8.02. The van der Waals surface area contributed by atoms with E-state index in [1.807, 2.05) is 0 Å². The van der Waals surface area contributed by atoms with Gasteiger partial charge in [0.05, 0.1) is 12.8 Å². The molecule has 0 aliphatic rings. The van der Waals surface area contributed by atoms with Crippen LogP contribution in [0, 0.1) is 0 Å². The highest BCUT2D eigenvalue weighted by Crippen LogP contribution is 2.26. The lowest BCUT2D eigenvalue weighted by Crippen LogP contribution is -2.25. The van der Waals surface area contributed by atoms with Gasteiger partial charge in [0.1, 0.15) is 5.75 Å². The summed E-state index contributed by atoms with van der Waals surface area (Å²) >= 11 is 2.87. The summed E-state index contributed by atoms with van der Waals surface area (Å²) in [5, 5.41) is 15.1. The van der Waals surface area contributed by atoms with E-state index in [-0.39, 0.29) is 5.69 Å². The molecule has 8 nitrogen and oxygen atoms in total. The van der Waals surface area contributed by atoms with Crippen molar-refractivity contribution in [1.29, 1.82) is 0 Å². The summed E-state index contributed by atoms with van der Waals surface area (Å²) in [7, 11) is 1.58. The predicted octanol–water partition coefficient (Wildman–Crippen LogP) is 3.24. The van der Waals surface area contributed by atoms with Gasteiger partial charge in [0.15, 0.2) is 10.0 Å². The van der Waals surface area contributed by atoms with Crippen LogP contribution in [0.2, 0.25) is 0 Å². The highest BCUT2D eigenvalue weighted by Gasteiger charge is 2.16. The number of rotatable bonds is 8. The van der Waals surface area contributed by atoms with Crippen molar-refractivity contribution in [2.24, 2.45) is 0 Å². The zero-order chi connectivity index (χ0) is 19.9. The van der Waals surface area contributed by atoms with Crippen molar-refractivity contribution in [1.82, 2.24) is 20.0 Å². The van der Waals surface area contributed by atoms with Gasteiger partial charge in [-0.1, -0.05) is 36.4 Å². The molecular weight excluding hydrogens is 398 g/mol. The quantitative estimate of drug-likeness (QED) is 0.341. The van der Waals surface area contributed by atoms with Gasteiger partial charge in [-0.25, -0.2) is 4.68 Å². The molecule has 146 valence electrons. The number of unbranched alkanes of at least 4 members (excludes halogenated alkanes) is 1. The number of nitrogens with one attached hydrogen (secondary N) is 1. The molecule has 0 unspecified atom stereocenters. The van der Waals surface area contributed by atoms with Gasteiger partial charge in [0.25, 0.3) is 5.91 Å². The van der Waals surface area contributed by atoms with Crippen LogP contribution in [0.25, 0.3) is 5.69 Å². The number of carbonyl (C=O) groups is 1. The molecule has 0 aliphatic heterocycles. The van der Waals surface area contributed by atoms with Crippen LogP contribution in [0.15, 0.2) is 45.7 Å². The van der Waals surface area contributed by atoms with E-state index in [4.69, 9.17) is 4.74 Å². The van der Waals surface area contributed by atoms with E-state index in [1.54, 1.807) is 43.1 Å². The van der Waals surface area contributed by atoms with Gasteiger partial charge in [-0.05, 0) is 30.7 Å². The maximum absolute atomic E-state index is 12.5. The molecule has 0 aliphatic carbocycles. The number of methoxy groups -OCH3 is 1. The minimum atomic E-state index is -0.617. The van der Waals surface area contributed by atoms with E-state index in [0.717, 1.165) is 22.9 Å². The Bertz CT molecular complexity index is 1000. The lowest BCUT2D eigenvalue weighted by Gasteiger charge is -2.08. The Labute approximate surface area is 170 Å². The molecular formula is C18H19N5O3S2. The number of anilines is 1. The fourth-order valence-electron chi connectivity index (χ4n) is 2.22. The van der Waals surface area contributed by atoms with Crippen molar-refractivity contribution >= 4 is 34.1 Å². The predicted molar refractivity (Wildman–Crippen MR) is 110 cm³/mol. The molecule has 2 aromatic heterocycles. The van der Waals surface area contributed by atoms with E-state index in [1.165, 1.54) is 28.3 Å². The molecule has 28 heavy (non-hydrogen) atoms. The second kappa shape index (κ2) is 9.47. The molecule has 0 saturated carbocycles. The van der Waals surface area contributed by atoms with Crippen molar-refractivity contribution in [3.8, 4) is 11.4 Å². The fourth-order valence-corrected chi connectivity index (χ4v) is 4.12. The molecule has 0 spiro atoms. The standard InChI is InChI=1S/C18H19N5O3S2/c1-3-4-11-27-18-21-20-17(28-18)19-16(25)15-14(24)9-10-23(22-15)12-5-7-13(26-2)8-6-12/h5-10H,3-4,11H2,1-2H3,(H,19,20,25). The van der Waals surface area contributed by atoms with Crippen LogP contribution in [0.3, 0.4) is 0 Å². The molecule has 1 amide bonds. The van der Waals surface area contributed by atoms with Crippen LogP contribution < -0.4 is 15.5 Å². The molecule has 0 radical (unpaired) electrons. The Morgan fingerprint density at radius 3 is 2.75 bits per heavy atom. The molecule has 0 saturated heterocycles. The largest absolute Gasteiger partial charge is 0.497 e. The van der Waals surface area contributed by atoms with Crippen molar-refractivity contribution in [2.45, 2.75) is 24.1 Å². The lowest BCUT2D eigenvalue weighted by atomic mass is 10.3. The summed E-state index contributed by atoms with van der Waals surface area (Å²) in [6.45, 7) is 2.12. The van der Waals surface area contributed by atoms with Crippen molar-refractivity contribution < 1.29 is 9.53 Å². The first-order valence-corrected chi connectivity index (χ1v) is 10.4. The van der Waals surface area contributed by atoms with E-state index in [2.05, 4.69) is 27.5 Å². The monoisotopic (exact) mass is 417 g/mol. The number of carbonyl (C=O) groups excluding carboxylic acids is 1. The number of hydrogen-bond donors (Lipinski definition) is 1. The third-order valence-corrected chi connectivity index (χ3v) is 5.77. The Morgan fingerprint density at radius 1 is 1.25 bits per heavy atom. The summed E-state index contributed by atoms with van der Waals surface area (Å²) in [5.74, 6) is 1.03.